The van der Waals surface area contributed by atoms with Crippen LogP contribution in [-0.2, 0) is 6.42 Å². The van der Waals surface area contributed by atoms with Crippen molar-refractivity contribution in [2.75, 3.05) is 6.54 Å². The van der Waals surface area contributed by atoms with E-state index in [0.717, 1.165) is 23.7 Å². The Labute approximate surface area is 165 Å². The molecular weight excluding hydrogens is 346 g/mol. The maximum absolute atomic E-state index is 8.87. The van der Waals surface area contributed by atoms with E-state index in [9.17, 15) is 0 Å². The molecule has 0 radical (unpaired) electrons. The molecule has 1 saturated carbocycles. The predicted molar refractivity (Wildman–Crippen MR) is 111 cm³/mol. The maximum Gasteiger partial charge on any atom is 0.243 e. The standard InChI is InChI=1S/C23H23N5/c24-17-19-11-9-18(10-12-19)16-23-25-27-28(26-23)15-5-1-2-6-20-7-3-4-8-22(20)21-13-14-21/h1-12,21,27H,13-16H2,(H,25,26)/p+1. The summed E-state index contributed by atoms with van der Waals surface area (Å²) >= 11 is 0. The van der Waals surface area contributed by atoms with Crippen LogP contribution in [0.1, 0.15) is 41.0 Å². The first-order valence-electron chi connectivity index (χ1n) is 9.67. The summed E-state index contributed by atoms with van der Waals surface area (Å²) in [5.74, 6) is 1.74. The number of quaternary nitrogens is 1. The number of nitrogens with two attached hydrogens (primary N) is 1. The van der Waals surface area contributed by atoms with Crippen LogP contribution in [0.5, 0.6) is 0 Å². The molecule has 0 atom stereocenters. The second kappa shape index (κ2) is 8.66. The van der Waals surface area contributed by atoms with Crippen LogP contribution in [0.3, 0.4) is 0 Å². The molecule has 4 rings (SSSR count). The van der Waals surface area contributed by atoms with E-state index in [0.29, 0.717) is 12.1 Å². The largest absolute Gasteiger partial charge is 0.243 e. The third kappa shape index (κ3) is 4.74. The van der Waals surface area contributed by atoms with Crippen molar-refractivity contribution in [3.8, 4) is 6.07 Å². The van der Waals surface area contributed by atoms with Crippen LogP contribution in [0.2, 0.25) is 0 Å². The summed E-state index contributed by atoms with van der Waals surface area (Å²) in [6, 6.07) is 18.4. The zero-order valence-corrected chi connectivity index (χ0v) is 15.8. The molecule has 5 nitrogen and oxygen atoms in total. The van der Waals surface area contributed by atoms with E-state index >= 15 is 0 Å². The van der Waals surface area contributed by atoms with Crippen molar-refractivity contribution in [1.82, 2.24) is 10.7 Å². The highest BCUT2D eigenvalue weighted by atomic mass is 15.9. The van der Waals surface area contributed by atoms with Crippen molar-refractivity contribution in [2.24, 2.45) is 5.10 Å². The van der Waals surface area contributed by atoms with E-state index in [1.807, 2.05) is 34.8 Å². The van der Waals surface area contributed by atoms with E-state index < -0.39 is 0 Å². The molecule has 0 bridgehead atoms. The summed E-state index contributed by atoms with van der Waals surface area (Å²) in [5.41, 5.74) is 9.71. The molecule has 1 aliphatic heterocycles. The van der Waals surface area contributed by atoms with Gasteiger partial charge in [-0.25, -0.2) is 5.43 Å². The van der Waals surface area contributed by atoms with Crippen molar-refractivity contribution < 1.29 is 5.43 Å². The summed E-state index contributed by atoms with van der Waals surface area (Å²) in [5, 5.41) is 15.3. The molecule has 1 aliphatic carbocycles. The number of hydrazine groups is 1. The number of benzene rings is 2. The Morgan fingerprint density at radius 1 is 1.14 bits per heavy atom. The third-order valence-electron chi connectivity index (χ3n) is 4.91. The molecule has 2 aromatic rings. The molecule has 0 amide bonds. The first-order chi connectivity index (χ1) is 13.8. The van der Waals surface area contributed by atoms with Crippen LogP contribution in [0, 0.1) is 11.3 Å². The summed E-state index contributed by atoms with van der Waals surface area (Å²) in [7, 11) is 0. The molecule has 5 heteroatoms. The van der Waals surface area contributed by atoms with Gasteiger partial charge in [0.15, 0.2) is 0 Å². The zero-order chi connectivity index (χ0) is 19.2. The van der Waals surface area contributed by atoms with Gasteiger partial charge < -0.3 is 0 Å². The van der Waals surface area contributed by atoms with Crippen LogP contribution in [0.15, 0.2) is 71.9 Å². The quantitative estimate of drug-likeness (QED) is 0.582. The van der Waals surface area contributed by atoms with Crippen molar-refractivity contribution in [3.05, 3.63) is 89.0 Å². The minimum atomic E-state index is 0.679. The monoisotopic (exact) mass is 370 g/mol. The third-order valence-corrected chi connectivity index (χ3v) is 4.91. The van der Waals surface area contributed by atoms with Crippen LogP contribution < -0.4 is 11.0 Å². The Kier molecular flexibility index (Phi) is 5.62. The summed E-state index contributed by atoms with van der Waals surface area (Å²) in [6.07, 6.45) is 11.8. The normalized spacial score (nSPS) is 16.7. The molecule has 0 aromatic heterocycles. The van der Waals surface area contributed by atoms with Gasteiger partial charge in [-0.1, -0.05) is 66.2 Å². The molecule has 3 N–H and O–H groups in total. The van der Waals surface area contributed by atoms with Crippen LogP contribution >= 0.6 is 0 Å². The molecule has 2 aliphatic rings. The fourth-order valence-corrected chi connectivity index (χ4v) is 3.28. The van der Waals surface area contributed by atoms with E-state index in [2.05, 4.69) is 65.3 Å². The van der Waals surface area contributed by atoms with Gasteiger partial charge in [-0.3, -0.25) is 0 Å². The number of hydrogen-bond donors (Lipinski definition) is 2. The van der Waals surface area contributed by atoms with Gasteiger partial charge in [-0.15, -0.1) is 5.10 Å². The average Bonchev–Trinajstić information content (AvgIpc) is 3.49. The Hall–Kier alpha value is -3.20. The molecule has 1 fully saturated rings. The average molecular weight is 370 g/mol. The van der Waals surface area contributed by atoms with E-state index in [1.54, 1.807) is 0 Å². The van der Waals surface area contributed by atoms with Gasteiger partial charge in [-0.2, -0.15) is 10.4 Å². The van der Waals surface area contributed by atoms with Crippen molar-refractivity contribution in [2.45, 2.75) is 25.2 Å². The first kappa shape index (κ1) is 18.2. The van der Waals surface area contributed by atoms with Gasteiger partial charge in [0.1, 0.15) is 0 Å². The van der Waals surface area contributed by atoms with Crippen molar-refractivity contribution in [3.63, 3.8) is 0 Å². The maximum atomic E-state index is 8.87. The number of hydrogen-bond acceptors (Lipinski definition) is 4. The Bertz CT molecular complexity index is 946. The SMILES string of the molecule is N#Cc1ccc(CC2=NN(CC=CC=Cc3ccccc3C3CC3)N[NH2+]2)cc1. The minimum absolute atomic E-state index is 0.679. The lowest BCUT2D eigenvalue weighted by atomic mass is 10.0. The fraction of sp³-hybridized carbons (Fsp3) is 0.217. The first-order valence-corrected chi connectivity index (χ1v) is 9.67. The molecular formula is C23H24N5+. The Morgan fingerprint density at radius 2 is 1.96 bits per heavy atom. The van der Waals surface area contributed by atoms with Gasteiger partial charge in [0.05, 0.1) is 24.6 Å². The zero-order valence-electron chi connectivity index (χ0n) is 15.8. The molecule has 0 unspecified atom stereocenters. The van der Waals surface area contributed by atoms with Gasteiger partial charge in [0.25, 0.3) is 0 Å². The topological polar surface area (TPSA) is 68.0 Å². The lowest BCUT2D eigenvalue weighted by molar-refractivity contribution is -0.621. The second-order valence-electron chi connectivity index (χ2n) is 7.12. The Balaban J connectivity index is 1.27. The van der Waals surface area contributed by atoms with Gasteiger partial charge in [0.2, 0.25) is 5.84 Å². The lowest BCUT2D eigenvalue weighted by Gasteiger charge is -2.05. The number of nitrogens with one attached hydrogen (secondary N) is 1. The molecule has 28 heavy (non-hydrogen) atoms. The summed E-state index contributed by atoms with van der Waals surface area (Å²) in [4.78, 5) is 0. The number of nitrogens with zero attached hydrogens (tertiary/aromatic N) is 3. The number of allylic oxidation sites excluding steroid dienone is 2. The highest BCUT2D eigenvalue weighted by Crippen LogP contribution is 2.41. The van der Waals surface area contributed by atoms with Crippen LogP contribution in [0.4, 0.5) is 0 Å². The molecule has 140 valence electrons. The minimum Gasteiger partial charge on any atom is -0.203 e. The number of hydrazone groups is 1. The number of amidine groups is 1. The Morgan fingerprint density at radius 3 is 2.75 bits per heavy atom. The highest BCUT2D eigenvalue weighted by Gasteiger charge is 2.24. The van der Waals surface area contributed by atoms with Crippen molar-refractivity contribution in [1.29, 1.82) is 5.26 Å². The fourth-order valence-electron chi connectivity index (χ4n) is 3.28. The lowest BCUT2D eigenvalue weighted by Crippen LogP contribution is -2.95. The molecule has 1 heterocycles. The molecule has 2 aromatic carbocycles. The summed E-state index contributed by atoms with van der Waals surface area (Å²) < 4.78 is 0. The van der Waals surface area contributed by atoms with E-state index in [1.165, 1.54) is 24.0 Å². The molecule has 0 spiro atoms. The van der Waals surface area contributed by atoms with E-state index in [4.69, 9.17) is 5.26 Å². The smallest absolute Gasteiger partial charge is 0.203 e. The van der Waals surface area contributed by atoms with Gasteiger partial charge in [0, 0.05) is 0 Å². The highest BCUT2D eigenvalue weighted by molar-refractivity contribution is 5.75. The van der Waals surface area contributed by atoms with Gasteiger partial charge in [-0.05, 0) is 47.6 Å². The van der Waals surface area contributed by atoms with Crippen molar-refractivity contribution >= 4 is 11.9 Å². The molecule has 0 saturated heterocycles. The number of nitriles is 1. The summed E-state index contributed by atoms with van der Waals surface area (Å²) in [6.45, 7) is 0.696. The van der Waals surface area contributed by atoms with Gasteiger partial charge >= 0.3 is 0 Å². The predicted octanol–water partition coefficient (Wildman–Crippen LogP) is 2.86. The van der Waals surface area contributed by atoms with Crippen LogP contribution in [0.25, 0.3) is 6.08 Å². The second-order valence-corrected chi connectivity index (χ2v) is 7.12. The number of rotatable bonds is 7. The van der Waals surface area contributed by atoms with E-state index in [-0.39, 0.29) is 0 Å². The van der Waals surface area contributed by atoms with Crippen LogP contribution in [-0.4, -0.2) is 17.5 Å².